The first-order chi connectivity index (χ1) is 12.5. The molecule has 3 heterocycles. The lowest BCUT2D eigenvalue weighted by Crippen LogP contribution is -2.39. The minimum atomic E-state index is -0.761. The Hall–Kier alpha value is -3.23. The highest BCUT2D eigenvalue weighted by Crippen LogP contribution is 2.25. The van der Waals surface area contributed by atoms with E-state index in [0.29, 0.717) is 11.4 Å². The summed E-state index contributed by atoms with van der Waals surface area (Å²) < 4.78 is 19.7. The second-order valence-electron chi connectivity index (χ2n) is 5.72. The van der Waals surface area contributed by atoms with Crippen LogP contribution in [0.25, 0.3) is 0 Å². The number of carbonyl (C=O) groups excluding carboxylic acids is 3. The Morgan fingerprint density at radius 2 is 2.27 bits per heavy atom. The third-order valence-electron chi connectivity index (χ3n) is 3.93. The molecule has 9 heteroatoms. The van der Waals surface area contributed by atoms with Gasteiger partial charge in [-0.2, -0.15) is 4.39 Å². The van der Waals surface area contributed by atoms with Crippen molar-refractivity contribution in [3.63, 3.8) is 0 Å². The number of rotatable bonds is 5. The number of hydrogen-bond acceptors (Lipinski definition) is 5. The quantitative estimate of drug-likeness (QED) is 0.622. The van der Waals surface area contributed by atoms with Crippen LogP contribution in [0.1, 0.15) is 40.2 Å². The second-order valence-corrected chi connectivity index (χ2v) is 5.72. The van der Waals surface area contributed by atoms with Crippen molar-refractivity contribution < 1.29 is 23.5 Å². The fourth-order valence-corrected chi connectivity index (χ4v) is 2.76. The zero-order valence-electron chi connectivity index (χ0n) is 14.0. The maximum Gasteiger partial charge on any atom is 0.307 e. The summed E-state index contributed by atoms with van der Waals surface area (Å²) in [6.45, 7) is 2.28. The number of anilines is 1. The predicted octanol–water partition coefficient (Wildman–Crippen LogP) is 1.51. The Morgan fingerprint density at radius 1 is 1.46 bits per heavy atom. The SMILES string of the molecule is CCOC(=O)CC1CNC(=O)c2cc(NC(=O)c3ccnc(F)c3)cn21. The molecular formula is C17H17FN4O4. The van der Waals surface area contributed by atoms with Crippen molar-refractivity contribution in [2.45, 2.75) is 19.4 Å². The summed E-state index contributed by atoms with van der Waals surface area (Å²) in [5.74, 6) is -1.97. The predicted molar refractivity (Wildman–Crippen MR) is 89.2 cm³/mol. The Balaban J connectivity index is 1.79. The van der Waals surface area contributed by atoms with Crippen molar-refractivity contribution in [3.05, 3.63) is 47.8 Å². The maximum atomic E-state index is 13.1. The maximum absolute atomic E-state index is 13.1. The molecule has 136 valence electrons. The number of halogens is 1. The van der Waals surface area contributed by atoms with E-state index in [1.807, 2.05) is 0 Å². The summed E-state index contributed by atoms with van der Waals surface area (Å²) in [6, 6.07) is 3.58. The fourth-order valence-electron chi connectivity index (χ4n) is 2.76. The highest BCUT2D eigenvalue weighted by molar-refractivity contribution is 6.05. The lowest BCUT2D eigenvalue weighted by molar-refractivity contribution is -0.144. The van der Waals surface area contributed by atoms with Crippen molar-refractivity contribution >= 4 is 23.5 Å². The molecule has 0 aromatic carbocycles. The normalized spacial score (nSPS) is 15.8. The van der Waals surface area contributed by atoms with Crippen LogP contribution in [-0.2, 0) is 9.53 Å². The first-order valence-corrected chi connectivity index (χ1v) is 8.06. The van der Waals surface area contributed by atoms with E-state index in [1.54, 1.807) is 17.7 Å². The minimum absolute atomic E-state index is 0.0960. The van der Waals surface area contributed by atoms with Gasteiger partial charge in [0.05, 0.1) is 24.8 Å². The van der Waals surface area contributed by atoms with E-state index < -0.39 is 11.9 Å². The van der Waals surface area contributed by atoms with Gasteiger partial charge >= 0.3 is 5.97 Å². The van der Waals surface area contributed by atoms with Gasteiger partial charge in [-0.1, -0.05) is 0 Å². The molecule has 0 spiro atoms. The van der Waals surface area contributed by atoms with Gasteiger partial charge in [0.15, 0.2) is 0 Å². The topological polar surface area (TPSA) is 102 Å². The van der Waals surface area contributed by atoms with Crippen molar-refractivity contribution in [2.24, 2.45) is 0 Å². The molecule has 1 atom stereocenters. The van der Waals surface area contributed by atoms with Crippen LogP contribution >= 0.6 is 0 Å². The third-order valence-corrected chi connectivity index (χ3v) is 3.93. The monoisotopic (exact) mass is 360 g/mol. The second kappa shape index (κ2) is 7.34. The van der Waals surface area contributed by atoms with E-state index in [0.717, 1.165) is 6.07 Å². The van der Waals surface area contributed by atoms with Crippen LogP contribution in [0.3, 0.4) is 0 Å². The molecule has 0 aliphatic carbocycles. The number of aromatic nitrogens is 2. The lowest BCUT2D eigenvalue weighted by Gasteiger charge is -2.25. The van der Waals surface area contributed by atoms with Gasteiger partial charge in [-0.05, 0) is 19.1 Å². The molecule has 0 radical (unpaired) electrons. The molecule has 2 aromatic heterocycles. The molecule has 0 saturated carbocycles. The fraction of sp³-hybridized carbons (Fsp3) is 0.294. The van der Waals surface area contributed by atoms with Crippen molar-refractivity contribution in [3.8, 4) is 0 Å². The first kappa shape index (κ1) is 17.6. The van der Waals surface area contributed by atoms with Crippen LogP contribution in [0, 0.1) is 5.95 Å². The van der Waals surface area contributed by atoms with E-state index >= 15 is 0 Å². The average molecular weight is 360 g/mol. The first-order valence-electron chi connectivity index (χ1n) is 8.06. The van der Waals surface area contributed by atoms with E-state index in [-0.39, 0.29) is 43.1 Å². The summed E-state index contributed by atoms with van der Waals surface area (Å²) in [5, 5.41) is 5.32. The van der Waals surface area contributed by atoms with Crippen LogP contribution < -0.4 is 10.6 Å². The van der Waals surface area contributed by atoms with Gasteiger partial charge < -0.3 is 19.9 Å². The highest BCUT2D eigenvalue weighted by Gasteiger charge is 2.28. The number of esters is 1. The van der Waals surface area contributed by atoms with E-state index in [4.69, 9.17) is 4.74 Å². The summed E-state index contributed by atoms with van der Waals surface area (Å²) in [6.07, 6.45) is 2.87. The molecule has 0 fully saturated rings. The number of nitrogens with one attached hydrogen (secondary N) is 2. The third kappa shape index (κ3) is 3.71. The Bertz CT molecular complexity index is 864. The van der Waals surface area contributed by atoms with Crippen LogP contribution in [0.2, 0.25) is 0 Å². The molecule has 2 aromatic rings. The molecule has 3 rings (SSSR count). The number of carbonyl (C=O) groups is 3. The molecule has 8 nitrogen and oxygen atoms in total. The minimum Gasteiger partial charge on any atom is -0.466 e. The molecule has 1 aliphatic rings. The number of ether oxygens (including phenoxy) is 1. The summed E-state index contributed by atoms with van der Waals surface area (Å²) >= 11 is 0. The van der Waals surface area contributed by atoms with Gasteiger partial charge in [-0.25, -0.2) is 4.98 Å². The Kier molecular flexibility index (Phi) is 4.97. The van der Waals surface area contributed by atoms with Gasteiger partial charge in [-0.3, -0.25) is 14.4 Å². The van der Waals surface area contributed by atoms with Gasteiger partial charge in [-0.15, -0.1) is 0 Å². The van der Waals surface area contributed by atoms with Gasteiger partial charge in [0, 0.05) is 30.6 Å². The number of hydrogen-bond donors (Lipinski definition) is 2. The zero-order chi connectivity index (χ0) is 18.7. The molecule has 2 amide bonds. The smallest absolute Gasteiger partial charge is 0.307 e. The van der Waals surface area contributed by atoms with Gasteiger partial charge in [0.2, 0.25) is 5.95 Å². The molecule has 0 bridgehead atoms. The summed E-state index contributed by atoms with van der Waals surface area (Å²) in [7, 11) is 0. The zero-order valence-corrected chi connectivity index (χ0v) is 14.0. The number of pyridine rings is 1. The summed E-state index contributed by atoms with van der Waals surface area (Å²) in [4.78, 5) is 39.4. The molecular weight excluding hydrogens is 343 g/mol. The van der Waals surface area contributed by atoms with Crippen molar-refractivity contribution in [1.82, 2.24) is 14.9 Å². The van der Waals surface area contributed by atoms with Gasteiger partial charge in [0.1, 0.15) is 5.69 Å². The van der Waals surface area contributed by atoms with Crippen LogP contribution in [0.5, 0.6) is 0 Å². The highest BCUT2D eigenvalue weighted by atomic mass is 19.1. The molecule has 0 saturated heterocycles. The van der Waals surface area contributed by atoms with Crippen LogP contribution in [0.15, 0.2) is 30.6 Å². The van der Waals surface area contributed by atoms with E-state index in [2.05, 4.69) is 15.6 Å². The largest absolute Gasteiger partial charge is 0.466 e. The van der Waals surface area contributed by atoms with E-state index in [9.17, 15) is 18.8 Å². The Morgan fingerprint density at radius 3 is 3.00 bits per heavy atom. The lowest BCUT2D eigenvalue weighted by atomic mass is 10.1. The van der Waals surface area contributed by atoms with Crippen molar-refractivity contribution in [2.75, 3.05) is 18.5 Å². The van der Waals surface area contributed by atoms with Crippen LogP contribution in [0.4, 0.5) is 10.1 Å². The van der Waals surface area contributed by atoms with Crippen molar-refractivity contribution in [1.29, 1.82) is 0 Å². The molecule has 26 heavy (non-hydrogen) atoms. The van der Waals surface area contributed by atoms with Gasteiger partial charge in [0.25, 0.3) is 11.8 Å². The Labute approximate surface area is 148 Å². The molecule has 1 aliphatic heterocycles. The standard InChI is InChI=1S/C17H17FN4O4/c1-2-26-15(23)7-12-8-20-17(25)13-6-11(9-22(12)13)21-16(24)10-3-4-19-14(18)5-10/h3-6,9,12H,2,7-8H2,1H3,(H,20,25)(H,21,24). The molecule has 1 unspecified atom stereocenters. The van der Waals surface area contributed by atoms with E-state index in [1.165, 1.54) is 18.3 Å². The average Bonchev–Trinajstić information content (AvgIpc) is 3.02. The molecule has 2 N–H and O–H groups in total. The summed E-state index contributed by atoms with van der Waals surface area (Å²) in [5.41, 5.74) is 0.795. The number of nitrogens with zero attached hydrogens (tertiary/aromatic N) is 2. The number of amides is 2. The van der Waals surface area contributed by atoms with Crippen LogP contribution in [-0.4, -0.2) is 40.5 Å². The number of fused-ring (bicyclic) bond motifs is 1.